The lowest BCUT2D eigenvalue weighted by Crippen LogP contribution is -2.50. The third-order valence-corrected chi connectivity index (χ3v) is 5.26. The Balaban J connectivity index is 1.82. The fourth-order valence-electron chi connectivity index (χ4n) is 3.42. The molecule has 0 spiro atoms. The van der Waals surface area contributed by atoms with E-state index in [4.69, 9.17) is 9.26 Å². The summed E-state index contributed by atoms with van der Waals surface area (Å²) < 4.78 is 37.9. The molecule has 0 bridgehead atoms. The zero-order chi connectivity index (χ0) is 20.1. The summed E-state index contributed by atoms with van der Waals surface area (Å²) in [5.74, 6) is -1.13. The van der Waals surface area contributed by atoms with Gasteiger partial charge >= 0.3 is 0 Å². The smallest absolute Gasteiger partial charge is 0.227 e. The van der Waals surface area contributed by atoms with Crippen LogP contribution in [0, 0.1) is 17.0 Å². The van der Waals surface area contributed by atoms with Gasteiger partial charge in [0, 0.05) is 37.3 Å². The Morgan fingerprint density at radius 3 is 2.71 bits per heavy atom. The van der Waals surface area contributed by atoms with Crippen LogP contribution in [0.1, 0.15) is 31.9 Å². The summed E-state index contributed by atoms with van der Waals surface area (Å²) in [5.41, 5.74) is -0.371. The molecule has 1 saturated heterocycles. The number of aliphatic hydroxyl groups is 1. The molecule has 0 aliphatic carbocycles. The first-order chi connectivity index (χ1) is 13.5. The zero-order valence-electron chi connectivity index (χ0n) is 15.7. The first kappa shape index (κ1) is 20.4. The molecule has 152 valence electrons. The van der Waals surface area contributed by atoms with E-state index in [0.717, 1.165) is 12.1 Å². The van der Waals surface area contributed by atoms with Gasteiger partial charge in [0.05, 0.1) is 18.1 Å². The predicted molar refractivity (Wildman–Crippen MR) is 97.4 cm³/mol. The standard InChI is InChI=1S/C20H24F2N2O4/c1-2-14(12-25)23-19(26)20(5-7-27-8-6-20)11-15-10-18(24-28-15)16-4-3-13(21)9-17(16)22/h3-4,9-10,14,25H,2,5-8,11-12H2,1H3,(H,23,26). The Hall–Kier alpha value is -2.32. The van der Waals surface area contributed by atoms with E-state index in [9.17, 15) is 18.7 Å². The second-order valence-corrected chi connectivity index (χ2v) is 7.13. The normalized spacial score (nSPS) is 17.3. The molecule has 1 unspecified atom stereocenters. The van der Waals surface area contributed by atoms with Gasteiger partial charge in [0.25, 0.3) is 0 Å². The van der Waals surface area contributed by atoms with E-state index in [1.54, 1.807) is 6.07 Å². The molecule has 1 aliphatic heterocycles. The highest BCUT2D eigenvalue weighted by molar-refractivity contribution is 5.83. The fraction of sp³-hybridized carbons (Fsp3) is 0.500. The first-order valence-electron chi connectivity index (χ1n) is 9.38. The number of hydrogen-bond acceptors (Lipinski definition) is 5. The number of benzene rings is 1. The lowest BCUT2D eigenvalue weighted by molar-refractivity contribution is -0.138. The molecule has 1 aromatic heterocycles. The number of nitrogens with one attached hydrogen (secondary N) is 1. The van der Waals surface area contributed by atoms with E-state index in [0.29, 0.717) is 38.2 Å². The van der Waals surface area contributed by atoms with Crippen molar-refractivity contribution in [1.82, 2.24) is 10.5 Å². The van der Waals surface area contributed by atoms with Crippen LogP contribution in [0.2, 0.25) is 0 Å². The number of ether oxygens (including phenoxy) is 1. The van der Waals surface area contributed by atoms with Crippen LogP contribution in [0.4, 0.5) is 8.78 Å². The number of nitrogens with zero attached hydrogens (tertiary/aromatic N) is 1. The summed E-state index contributed by atoms with van der Waals surface area (Å²) in [6.45, 7) is 2.64. The third kappa shape index (κ3) is 4.39. The first-order valence-corrected chi connectivity index (χ1v) is 9.38. The van der Waals surface area contributed by atoms with Crippen LogP contribution < -0.4 is 5.32 Å². The predicted octanol–water partition coefficient (Wildman–Crippen LogP) is 2.85. The van der Waals surface area contributed by atoms with Gasteiger partial charge in [-0.05, 0) is 31.4 Å². The minimum atomic E-state index is -0.751. The molecule has 2 heterocycles. The minimum absolute atomic E-state index is 0.133. The number of aromatic nitrogens is 1. The van der Waals surface area contributed by atoms with Crippen molar-refractivity contribution in [3.05, 3.63) is 41.7 Å². The van der Waals surface area contributed by atoms with E-state index in [2.05, 4.69) is 10.5 Å². The molecule has 0 radical (unpaired) electrons. The van der Waals surface area contributed by atoms with Crippen LogP contribution in [0.15, 0.2) is 28.8 Å². The quantitative estimate of drug-likeness (QED) is 0.754. The zero-order valence-corrected chi connectivity index (χ0v) is 15.7. The molecule has 1 fully saturated rings. The largest absolute Gasteiger partial charge is 0.394 e. The Labute approximate surface area is 161 Å². The molecule has 1 amide bonds. The van der Waals surface area contributed by atoms with Gasteiger partial charge in [0.2, 0.25) is 5.91 Å². The Kier molecular flexibility index (Phi) is 6.41. The highest BCUT2D eigenvalue weighted by Crippen LogP contribution is 2.36. The number of carbonyl (C=O) groups is 1. The van der Waals surface area contributed by atoms with Crippen molar-refractivity contribution < 1.29 is 27.9 Å². The van der Waals surface area contributed by atoms with Crippen LogP contribution in [0.5, 0.6) is 0 Å². The summed E-state index contributed by atoms with van der Waals surface area (Å²) in [6, 6.07) is 4.50. The Bertz CT molecular complexity index is 814. The Morgan fingerprint density at radius 2 is 2.07 bits per heavy atom. The van der Waals surface area contributed by atoms with E-state index in [1.165, 1.54) is 6.07 Å². The topological polar surface area (TPSA) is 84.6 Å². The molecule has 1 aliphatic rings. The van der Waals surface area contributed by atoms with Crippen molar-refractivity contribution >= 4 is 5.91 Å². The SMILES string of the molecule is CCC(CO)NC(=O)C1(Cc2cc(-c3ccc(F)cc3F)no2)CCOCC1. The van der Waals surface area contributed by atoms with Gasteiger partial charge in [0.15, 0.2) is 0 Å². The highest BCUT2D eigenvalue weighted by Gasteiger charge is 2.41. The van der Waals surface area contributed by atoms with Crippen molar-refractivity contribution in [1.29, 1.82) is 0 Å². The maximum Gasteiger partial charge on any atom is 0.227 e. The molecule has 6 nitrogen and oxygen atoms in total. The lowest BCUT2D eigenvalue weighted by atomic mass is 9.75. The number of hydrogen-bond donors (Lipinski definition) is 2. The summed E-state index contributed by atoms with van der Waals surface area (Å²) in [6.07, 6.45) is 1.90. The molecular formula is C20H24F2N2O4. The van der Waals surface area contributed by atoms with Gasteiger partial charge < -0.3 is 19.7 Å². The van der Waals surface area contributed by atoms with Gasteiger partial charge in [0.1, 0.15) is 23.1 Å². The van der Waals surface area contributed by atoms with E-state index < -0.39 is 17.0 Å². The van der Waals surface area contributed by atoms with Crippen LogP contribution in [-0.2, 0) is 16.0 Å². The molecule has 2 aromatic rings. The van der Waals surface area contributed by atoms with E-state index in [-0.39, 0.29) is 36.2 Å². The number of halogens is 2. The monoisotopic (exact) mass is 394 g/mol. The maximum atomic E-state index is 14.0. The van der Waals surface area contributed by atoms with Gasteiger partial charge in [-0.15, -0.1) is 0 Å². The number of aliphatic hydroxyl groups excluding tert-OH is 1. The molecule has 1 atom stereocenters. The average Bonchev–Trinajstić information content (AvgIpc) is 3.14. The van der Waals surface area contributed by atoms with Crippen LogP contribution in [0.3, 0.4) is 0 Å². The molecule has 8 heteroatoms. The average molecular weight is 394 g/mol. The lowest BCUT2D eigenvalue weighted by Gasteiger charge is -2.36. The van der Waals surface area contributed by atoms with Crippen LogP contribution in [0.25, 0.3) is 11.3 Å². The Morgan fingerprint density at radius 1 is 1.32 bits per heavy atom. The van der Waals surface area contributed by atoms with Gasteiger partial charge in [-0.25, -0.2) is 8.78 Å². The van der Waals surface area contributed by atoms with Crippen molar-refractivity contribution in [2.75, 3.05) is 19.8 Å². The minimum Gasteiger partial charge on any atom is -0.394 e. The maximum absolute atomic E-state index is 14.0. The van der Waals surface area contributed by atoms with Crippen molar-refractivity contribution in [3.63, 3.8) is 0 Å². The number of rotatable bonds is 7. The summed E-state index contributed by atoms with van der Waals surface area (Å²) >= 11 is 0. The molecule has 3 rings (SSSR count). The molecule has 28 heavy (non-hydrogen) atoms. The second kappa shape index (κ2) is 8.79. The van der Waals surface area contributed by atoms with Gasteiger partial charge in [-0.1, -0.05) is 12.1 Å². The van der Waals surface area contributed by atoms with E-state index >= 15 is 0 Å². The molecule has 1 aromatic carbocycles. The van der Waals surface area contributed by atoms with E-state index in [1.807, 2.05) is 6.92 Å². The van der Waals surface area contributed by atoms with Crippen LogP contribution >= 0.6 is 0 Å². The summed E-state index contributed by atoms with van der Waals surface area (Å²) in [4.78, 5) is 13.0. The molecule has 2 N–H and O–H groups in total. The van der Waals surface area contributed by atoms with Crippen molar-refractivity contribution in [2.45, 2.75) is 38.6 Å². The summed E-state index contributed by atoms with van der Waals surface area (Å²) in [5, 5.41) is 16.2. The van der Waals surface area contributed by atoms with Crippen LogP contribution in [-0.4, -0.2) is 42.0 Å². The summed E-state index contributed by atoms with van der Waals surface area (Å²) in [7, 11) is 0. The highest BCUT2D eigenvalue weighted by atomic mass is 19.1. The van der Waals surface area contributed by atoms with Gasteiger partial charge in [-0.3, -0.25) is 4.79 Å². The second-order valence-electron chi connectivity index (χ2n) is 7.13. The number of amides is 1. The number of carbonyl (C=O) groups excluding carboxylic acids is 1. The molecular weight excluding hydrogens is 370 g/mol. The van der Waals surface area contributed by atoms with Gasteiger partial charge in [-0.2, -0.15) is 0 Å². The molecule has 0 saturated carbocycles. The van der Waals surface area contributed by atoms with Crippen molar-refractivity contribution in [2.24, 2.45) is 5.41 Å². The third-order valence-electron chi connectivity index (χ3n) is 5.26. The van der Waals surface area contributed by atoms with Crippen molar-refractivity contribution in [3.8, 4) is 11.3 Å². The fourth-order valence-corrected chi connectivity index (χ4v) is 3.42.